The largest absolute Gasteiger partial charge is 0.373 e. The van der Waals surface area contributed by atoms with Crippen molar-refractivity contribution in [1.82, 2.24) is 9.97 Å². The molecular formula is C33H26N2O. The number of hydrogen-bond donors (Lipinski definition) is 1. The van der Waals surface area contributed by atoms with Crippen LogP contribution in [-0.2, 0) is 5.60 Å². The minimum absolute atomic E-state index is 0.544. The van der Waals surface area contributed by atoms with Crippen LogP contribution in [0.5, 0.6) is 0 Å². The minimum atomic E-state index is -1.54. The Morgan fingerprint density at radius 2 is 1.11 bits per heavy atom. The zero-order valence-corrected chi connectivity index (χ0v) is 20.3. The molecule has 6 aromatic rings. The second-order valence-electron chi connectivity index (χ2n) is 9.39. The van der Waals surface area contributed by atoms with Crippen molar-refractivity contribution >= 4 is 21.5 Å². The van der Waals surface area contributed by atoms with Gasteiger partial charge in [-0.15, -0.1) is 0 Å². The van der Waals surface area contributed by atoms with Crippen molar-refractivity contribution in [1.29, 1.82) is 0 Å². The van der Waals surface area contributed by atoms with Crippen molar-refractivity contribution in [2.24, 2.45) is 0 Å². The summed E-state index contributed by atoms with van der Waals surface area (Å²) in [4.78, 5) is 9.37. The highest BCUT2D eigenvalue weighted by Gasteiger charge is 2.39. The number of nitrogens with zero attached hydrogens (tertiary/aromatic N) is 2. The minimum Gasteiger partial charge on any atom is -0.373 e. The average Bonchev–Trinajstić information content (AvgIpc) is 2.93. The van der Waals surface area contributed by atoms with E-state index in [0.717, 1.165) is 38.6 Å². The molecule has 0 aliphatic rings. The first-order valence-corrected chi connectivity index (χ1v) is 12.1. The van der Waals surface area contributed by atoms with Gasteiger partial charge >= 0.3 is 0 Å². The summed E-state index contributed by atoms with van der Waals surface area (Å²) in [7, 11) is 0. The van der Waals surface area contributed by atoms with Crippen LogP contribution in [0, 0.1) is 13.8 Å². The number of aryl methyl sites for hydroxylation is 2. The Labute approximate surface area is 210 Å². The van der Waals surface area contributed by atoms with Crippen molar-refractivity contribution in [2.45, 2.75) is 19.4 Å². The zero-order chi connectivity index (χ0) is 24.7. The van der Waals surface area contributed by atoms with Crippen molar-refractivity contribution in [3.63, 3.8) is 0 Å². The molecule has 3 nitrogen and oxygen atoms in total. The highest BCUT2D eigenvalue weighted by molar-refractivity contribution is 6.14. The first-order chi connectivity index (χ1) is 17.6. The zero-order valence-electron chi connectivity index (χ0n) is 20.3. The van der Waals surface area contributed by atoms with Crippen molar-refractivity contribution in [2.75, 3.05) is 0 Å². The van der Waals surface area contributed by atoms with E-state index in [-0.39, 0.29) is 0 Å². The fraction of sp³-hybridized carbons (Fsp3) is 0.0909. The molecule has 0 amide bonds. The van der Waals surface area contributed by atoms with Crippen LogP contribution in [0.4, 0.5) is 0 Å². The second-order valence-corrected chi connectivity index (χ2v) is 9.39. The lowest BCUT2D eigenvalue weighted by molar-refractivity contribution is 0.116. The molecule has 0 radical (unpaired) electrons. The summed E-state index contributed by atoms with van der Waals surface area (Å²) < 4.78 is 0. The Hall–Kier alpha value is -4.34. The molecule has 0 fully saturated rings. The third kappa shape index (κ3) is 3.57. The molecule has 0 spiro atoms. The predicted octanol–water partition coefficient (Wildman–Crippen LogP) is 7.35. The number of pyridine rings is 2. The number of rotatable bonds is 4. The Morgan fingerprint density at radius 3 is 1.75 bits per heavy atom. The van der Waals surface area contributed by atoms with Crippen molar-refractivity contribution in [3.8, 4) is 11.1 Å². The lowest BCUT2D eigenvalue weighted by Gasteiger charge is -2.30. The maximum atomic E-state index is 12.6. The molecule has 6 rings (SSSR count). The van der Waals surface area contributed by atoms with Crippen LogP contribution in [0.3, 0.4) is 0 Å². The van der Waals surface area contributed by atoms with Crippen molar-refractivity contribution < 1.29 is 5.11 Å². The van der Waals surface area contributed by atoms with Crippen LogP contribution in [-0.4, -0.2) is 15.1 Å². The summed E-state index contributed by atoms with van der Waals surface area (Å²) >= 11 is 0. The number of benzene rings is 4. The van der Waals surface area contributed by atoms with Gasteiger partial charge in [0.1, 0.15) is 0 Å². The van der Waals surface area contributed by atoms with E-state index < -0.39 is 5.60 Å². The quantitative estimate of drug-likeness (QED) is 0.276. The second kappa shape index (κ2) is 8.71. The van der Waals surface area contributed by atoms with Gasteiger partial charge in [0.25, 0.3) is 0 Å². The van der Waals surface area contributed by atoms with Crippen LogP contribution < -0.4 is 0 Å². The van der Waals surface area contributed by atoms with E-state index in [2.05, 4.69) is 70.6 Å². The Bertz CT molecular complexity index is 1660. The lowest BCUT2D eigenvalue weighted by atomic mass is 9.80. The van der Waals surface area contributed by atoms with E-state index in [0.29, 0.717) is 11.4 Å². The molecule has 1 N–H and O–H groups in total. The van der Waals surface area contributed by atoms with Gasteiger partial charge in [0, 0.05) is 18.0 Å². The van der Waals surface area contributed by atoms with Gasteiger partial charge in [-0.05, 0) is 75.8 Å². The predicted molar refractivity (Wildman–Crippen MR) is 147 cm³/mol. The van der Waals surface area contributed by atoms with Gasteiger partial charge in [-0.3, -0.25) is 9.97 Å². The molecule has 4 aromatic carbocycles. The van der Waals surface area contributed by atoms with Crippen LogP contribution >= 0.6 is 0 Å². The molecule has 0 aliphatic carbocycles. The standard InChI is InChI=1S/C33H26N2O/c1-22-15-17-31(34-20-22)33(36,32-18-16-23(2)21-35-32)30-14-8-7-13-28(30)29-19-24-9-3-4-10-25(24)26-11-5-6-12-27(26)29/h3-21,36H,1-2H3. The van der Waals surface area contributed by atoms with Gasteiger partial charge in [-0.25, -0.2) is 0 Å². The van der Waals surface area contributed by atoms with Gasteiger partial charge < -0.3 is 5.11 Å². The molecule has 0 atom stereocenters. The summed E-state index contributed by atoms with van der Waals surface area (Å²) in [6, 6.07) is 34.9. The molecule has 3 heteroatoms. The first-order valence-electron chi connectivity index (χ1n) is 12.1. The average molecular weight is 467 g/mol. The molecular weight excluding hydrogens is 440 g/mol. The number of aliphatic hydroxyl groups is 1. The highest BCUT2D eigenvalue weighted by Crippen LogP contribution is 2.43. The Morgan fingerprint density at radius 1 is 0.556 bits per heavy atom. The molecule has 0 aliphatic heterocycles. The fourth-order valence-electron chi connectivity index (χ4n) is 5.08. The molecule has 0 saturated carbocycles. The fourth-order valence-corrected chi connectivity index (χ4v) is 5.08. The molecule has 0 bridgehead atoms. The number of hydrogen-bond acceptors (Lipinski definition) is 3. The monoisotopic (exact) mass is 466 g/mol. The summed E-state index contributed by atoms with van der Waals surface area (Å²) in [5, 5.41) is 17.3. The van der Waals surface area contributed by atoms with E-state index in [1.54, 1.807) is 12.4 Å². The topological polar surface area (TPSA) is 46.0 Å². The van der Waals surface area contributed by atoms with Crippen LogP contribution in [0.25, 0.3) is 32.7 Å². The van der Waals surface area contributed by atoms with E-state index in [9.17, 15) is 5.11 Å². The number of aromatic nitrogens is 2. The van der Waals surface area contributed by atoms with E-state index >= 15 is 0 Å². The first kappa shape index (κ1) is 22.1. The SMILES string of the molecule is Cc1ccc(C(O)(c2ccc(C)cn2)c2ccccc2-c2cc3ccccc3c3ccccc23)nc1. The van der Waals surface area contributed by atoms with Gasteiger partial charge in [-0.1, -0.05) is 84.9 Å². The van der Waals surface area contributed by atoms with E-state index in [4.69, 9.17) is 0 Å². The summed E-state index contributed by atoms with van der Waals surface area (Å²) in [6.45, 7) is 3.99. The highest BCUT2D eigenvalue weighted by atomic mass is 16.3. The maximum Gasteiger partial charge on any atom is 0.174 e. The Kier molecular flexibility index (Phi) is 5.36. The van der Waals surface area contributed by atoms with E-state index in [1.165, 1.54) is 10.8 Å². The summed E-state index contributed by atoms with van der Waals surface area (Å²) in [5.41, 5.74) is 4.38. The van der Waals surface area contributed by atoms with Crippen LogP contribution in [0.15, 0.2) is 116 Å². The van der Waals surface area contributed by atoms with E-state index in [1.807, 2.05) is 56.3 Å². The van der Waals surface area contributed by atoms with Gasteiger partial charge in [0.15, 0.2) is 5.60 Å². The molecule has 36 heavy (non-hydrogen) atoms. The molecule has 0 saturated heterocycles. The van der Waals surface area contributed by atoms with Gasteiger partial charge in [0.05, 0.1) is 11.4 Å². The van der Waals surface area contributed by atoms with Gasteiger partial charge in [0.2, 0.25) is 0 Å². The molecule has 0 unspecified atom stereocenters. The normalized spacial score (nSPS) is 11.8. The molecule has 2 aromatic heterocycles. The number of fused-ring (bicyclic) bond motifs is 3. The summed E-state index contributed by atoms with van der Waals surface area (Å²) in [5.74, 6) is 0. The van der Waals surface area contributed by atoms with Crippen LogP contribution in [0.1, 0.15) is 28.1 Å². The summed E-state index contributed by atoms with van der Waals surface area (Å²) in [6.07, 6.45) is 3.59. The smallest absolute Gasteiger partial charge is 0.174 e. The van der Waals surface area contributed by atoms with Crippen molar-refractivity contribution in [3.05, 3.63) is 144 Å². The molecule has 174 valence electrons. The lowest BCUT2D eigenvalue weighted by Crippen LogP contribution is -2.32. The molecule has 2 heterocycles. The maximum absolute atomic E-state index is 12.6. The van der Waals surface area contributed by atoms with Crippen LogP contribution in [0.2, 0.25) is 0 Å². The third-order valence-electron chi connectivity index (χ3n) is 6.94. The third-order valence-corrected chi connectivity index (χ3v) is 6.94. The Balaban J connectivity index is 1.69. The van der Waals surface area contributed by atoms with Gasteiger partial charge in [-0.2, -0.15) is 0 Å².